The first kappa shape index (κ1) is 22.7. The average Bonchev–Trinajstić information content (AvgIpc) is 3.44. The van der Waals surface area contributed by atoms with E-state index in [0.29, 0.717) is 0 Å². The smallest absolute Gasteiger partial charge is 0.170 e. The van der Waals surface area contributed by atoms with Gasteiger partial charge in [-0.25, -0.2) is 0 Å². The Balaban J connectivity index is 1.38. The highest BCUT2D eigenvalue weighted by molar-refractivity contribution is 7.99. The SMILES string of the molecule is S=C1N[C@@H](c2ccccn2)[C@H](c2ccc(Sc3ccc(Cl)cc3)o2)N1CCN1CCOCC1. The number of ether oxygens (including phenoxy) is 1. The van der Waals surface area contributed by atoms with E-state index in [1.54, 1.807) is 11.8 Å². The summed E-state index contributed by atoms with van der Waals surface area (Å²) in [5.74, 6) is 0.872. The molecule has 4 heterocycles. The highest BCUT2D eigenvalue weighted by Gasteiger charge is 2.41. The molecule has 2 fully saturated rings. The summed E-state index contributed by atoms with van der Waals surface area (Å²) in [4.78, 5) is 10.3. The second-order valence-electron chi connectivity index (χ2n) is 7.99. The first-order chi connectivity index (χ1) is 16.2. The van der Waals surface area contributed by atoms with Crippen LogP contribution in [-0.2, 0) is 4.74 Å². The number of aromatic nitrogens is 1. The van der Waals surface area contributed by atoms with Gasteiger partial charge in [-0.15, -0.1) is 0 Å². The van der Waals surface area contributed by atoms with Crippen LogP contribution in [0.5, 0.6) is 0 Å². The Hall–Kier alpha value is -2.10. The number of nitrogens with zero attached hydrogens (tertiary/aromatic N) is 3. The molecule has 1 N–H and O–H groups in total. The normalized spacial score (nSPS) is 21.4. The summed E-state index contributed by atoms with van der Waals surface area (Å²) in [6.07, 6.45) is 1.82. The molecule has 0 bridgehead atoms. The van der Waals surface area contributed by atoms with Crippen LogP contribution in [-0.4, -0.2) is 59.3 Å². The van der Waals surface area contributed by atoms with Crippen molar-refractivity contribution in [1.29, 1.82) is 0 Å². The topological polar surface area (TPSA) is 53.8 Å². The molecule has 0 unspecified atom stereocenters. The molecule has 2 aliphatic rings. The van der Waals surface area contributed by atoms with Crippen molar-refractivity contribution in [2.24, 2.45) is 0 Å². The number of pyridine rings is 1. The maximum atomic E-state index is 6.35. The van der Waals surface area contributed by atoms with E-state index in [9.17, 15) is 0 Å². The quantitative estimate of drug-likeness (QED) is 0.465. The van der Waals surface area contributed by atoms with Crippen molar-refractivity contribution < 1.29 is 9.15 Å². The van der Waals surface area contributed by atoms with E-state index in [1.165, 1.54) is 0 Å². The van der Waals surface area contributed by atoms with E-state index in [4.69, 9.17) is 33.0 Å². The first-order valence-corrected chi connectivity index (χ1v) is 12.6. The molecule has 0 radical (unpaired) electrons. The molecule has 1 aromatic carbocycles. The summed E-state index contributed by atoms with van der Waals surface area (Å²) in [6.45, 7) is 5.19. The van der Waals surface area contributed by atoms with Gasteiger partial charge in [-0.2, -0.15) is 0 Å². The molecule has 2 saturated heterocycles. The minimum atomic E-state index is -0.0806. The second kappa shape index (κ2) is 10.4. The fraction of sp³-hybridized carbons (Fsp3) is 0.333. The molecule has 0 aliphatic carbocycles. The van der Waals surface area contributed by atoms with E-state index < -0.39 is 0 Å². The molecule has 2 aromatic heterocycles. The number of benzene rings is 1. The lowest BCUT2D eigenvalue weighted by atomic mass is 10.0. The van der Waals surface area contributed by atoms with Gasteiger partial charge in [-0.3, -0.25) is 9.88 Å². The second-order valence-corrected chi connectivity index (χ2v) is 9.89. The monoisotopic (exact) mass is 500 g/mol. The largest absolute Gasteiger partial charge is 0.452 e. The Kier molecular flexibility index (Phi) is 7.18. The number of hydrogen-bond donors (Lipinski definition) is 1. The van der Waals surface area contributed by atoms with Crippen LogP contribution >= 0.6 is 35.6 Å². The predicted molar refractivity (Wildman–Crippen MR) is 134 cm³/mol. The first-order valence-electron chi connectivity index (χ1n) is 11.0. The third kappa shape index (κ3) is 5.36. The molecular formula is C24H25ClN4O2S2. The average molecular weight is 501 g/mol. The Bertz CT molecular complexity index is 1070. The lowest BCUT2D eigenvalue weighted by Crippen LogP contribution is -2.42. The Morgan fingerprint density at radius 2 is 1.88 bits per heavy atom. The molecule has 2 aliphatic heterocycles. The fourth-order valence-electron chi connectivity index (χ4n) is 4.20. The molecule has 172 valence electrons. The zero-order valence-electron chi connectivity index (χ0n) is 18.0. The van der Waals surface area contributed by atoms with Crippen LogP contribution in [0.3, 0.4) is 0 Å². The predicted octanol–water partition coefficient (Wildman–Crippen LogP) is 4.78. The number of rotatable bonds is 7. The third-order valence-corrected chi connectivity index (χ3v) is 7.42. The van der Waals surface area contributed by atoms with Gasteiger partial charge in [-0.05, 0) is 60.7 Å². The van der Waals surface area contributed by atoms with Crippen molar-refractivity contribution in [3.05, 3.63) is 77.3 Å². The van der Waals surface area contributed by atoms with Gasteiger partial charge in [-0.1, -0.05) is 29.4 Å². The maximum Gasteiger partial charge on any atom is 0.170 e. The van der Waals surface area contributed by atoms with Crippen LogP contribution in [0.1, 0.15) is 23.5 Å². The number of morpholine rings is 1. The zero-order chi connectivity index (χ0) is 22.6. The number of hydrogen-bond acceptors (Lipinski definition) is 6. The molecule has 2 atom stereocenters. The molecule has 9 heteroatoms. The lowest BCUT2D eigenvalue weighted by molar-refractivity contribution is 0.0347. The summed E-state index contributed by atoms with van der Waals surface area (Å²) in [6, 6.07) is 17.6. The summed E-state index contributed by atoms with van der Waals surface area (Å²) in [5.41, 5.74) is 0.946. The van der Waals surface area contributed by atoms with E-state index in [1.807, 2.05) is 54.7 Å². The van der Waals surface area contributed by atoms with Crippen LogP contribution in [0.4, 0.5) is 0 Å². The highest BCUT2D eigenvalue weighted by Crippen LogP contribution is 2.41. The lowest BCUT2D eigenvalue weighted by Gasteiger charge is -2.31. The van der Waals surface area contributed by atoms with Crippen molar-refractivity contribution in [1.82, 2.24) is 20.1 Å². The van der Waals surface area contributed by atoms with Crippen LogP contribution in [0.2, 0.25) is 5.02 Å². The third-order valence-electron chi connectivity index (χ3n) is 5.88. The standard InChI is InChI=1S/C24H25ClN4O2S2/c25-17-4-6-18(7-5-17)33-21-9-8-20(31-21)23-22(19-3-1-2-10-26-19)27-24(32)29(23)12-11-28-13-15-30-16-14-28/h1-10,22-23H,11-16H2,(H,27,32)/t22-,23-/m0/s1. The summed E-state index contributed by atoms with van der Waals surface area (Å²) >= 11 is 13.4. The summed E-state index contributed by atoms with van der Waals surface area (Å²) in [5, 5.41) is 5.77. The van der Waals surface area contributed by atoms with Crippen LogP contribution < -0.4 is 5.32 Å². The van der Waals surface area contributed by atoms with Gasteiger partial charge >= 0.3 is 0 Å². The molecule has 0 saturated carbocycles. The molecule has 33 heavy (non-hydrogen) atoms. The van der Waals surface area contributed by atoms with Gasteiger partial charge < -0.3 is 19.4 Å². The molecule has 5 rings (SSSR count). The van der Waals surface area contributed by atoms with Gasteiger partial charge in [0.2, 0.25) is 0 Å². The molecular weight excluding hydrogens is 476 g/mol. The van der Waals surface area contributed by atoms with E-state index >= 15 is 0 Å². The zero-order valence-corrected chi connectivity index (χ0v) is 20.4. The van der Waals surface area contributed by atoms with E-state index in [-0.39, 0.29) is 12.1 Å². The number of halogens is 1. The van der Waals surface area contributed by atoms with Gasteiger partial charge in [0.1, 0.15) is 11.8 Å². The van der Waals surface area contributed by atoms with Gasteiger partial charge in [0.15, 0.2) is 10.2 Å². The Labute approximate surface area is 208 Å². The van der Waals surface area contributed by atoms with E-state index in [0.717, 1.165) is 71.0 Å². The van der Waals surface area contributed by atoms with Crippen LogP contribution in [0.25, 0.3) is 0 Å². The molecule has 3 aromatic rings. The summed E-state index contributed by atoms with van der Waals surface area (Å²) < 4.78 is 11.8. The minimum Gasteiger partial charge on any atom is -0.452 e. The van der Waals surface area contributed by atoms with E-state index in [2.05, 4.69) is 26.2 Å². The maximum absolute atomic E-state index is 6.35. The molecule has 0 spiro atoms. The summed E-state index contributed by atoms with van der Waals surface area (Å²) in [7, 11) is 0. The van der Waals surface area contributed by atoms with Crippen LogP contribution in [0, 0.1) is 0 Å². The van der Waals surface area contributed by atoms with Crippen molar-refractivity contribution in [2.75, 3.05) is 39.4 Å². The highest BCUT2D eigenvalue weighted by atomic mass is 35.5. The fourth-order valence-corrected chi connectivity index (χ4v) is 5.43. The van der Waals surface area contributed by atoms with Crippen molar-refractivity contribution in [2.45, 2.75) is 22.1 Å². The Morgan fingerprint density at radius 3 is 2.64 bits per heavy atom. The number of furan rings is 1. The number of nitrogens with one attached hydrogen (secondary N) is 1. The minimum absolute atomic E-state index is 0.0759. The van der Waals surface area contributed by atoms with Gasteiger partial charge in [0.25, 0.3) is 0 Å². The van der Waals surface area contributed by atoms with Crippen molar-refractivity contribution >= 4 is 40.7 Å². The van der Waals surface area contributed by atoms with Gasteiger partial charge in [0, 0.05) is 42.3 Å². The van der Waals surface area contributed by atoms with Crippen molar-refractivity contribution in [3.8, 4) is 0 Å². The van der Waals surface area contributed by atoms with Gasteiger partial charge in [0.05, 0.1) is 24.9 Å². The Morgan fingerprint density at radius 1 is 1.06 bits per heavy atom. The number of thiocarbonyl (C=S) groups is 1. The molecule has 0 amide bonds. The van der Waals surface area contributed by atoms with Crippen LogP contribution in [0.15, 0.2) is 75.2 Å². The van der Waals surface area contributed by atoms with Crippen molar-refractivity contribution in [3.63, 3.8) is 0 Å². The molecule has 6 nitrogen and oxygen atoms in total.